The topological polar surface area (TPSA) is 59.4 Å². The number of rotatable bonds is 5. The van der Waals surface area contributed by atoms with Crippen LogP contribution in [0.15, 0.2) is 22.5 Å². The van der Waals surface area contributed by atoms with Gasteiger partial charge in [0.05, 0.1) is 22.6 Å². The highest BCUT2D eigenvalue weighted by Crippen LogP contribution is 2.31. The number of hydrogen-bond donors (Lipinski definition) is 1. The maximum absolute atomic E-state index is 10.5. The summed E-state index contributed by atoms with van der Waals surface area (Å²) in [6, 6.07) is 5.69. The SMILES string of the molecule is CCOc1ccc2nc(SCC(=O)O)sc2c1. The van der Waals surface area contributed by atoms with Gasteiger partial charge in [-0.25, -0.2) is 4.98 Å². The standard InChI is InChI=1S/C11H11NO3S2/c1-2-15-7-3-4-8-9(5-7)17-11(12-8)16-6-10(13)14/h3-5H,2,6H2,1H3,(H,13,14). The van der Waals surface area contributed by atoms with E-state index in [1.807, 2.05) is 25.1 Å². The van der Waals surface area contributed by atoms with Crippen LogP contribution in [0, 0.1) is 0 Å². The molecule has 1 heterocycles. The number of nitrogens with zero attached hydrogens (tertiary/aromatic N) is 1. The molecule has 0 bridgehead atoms. The summed E-state index contributed by atoms with van der Waals surface area (Å²) < 4.78 is 7.19. The van der Waals surface area contributed by atoms with Gasteiger partial charge in [-0.3, -0.25) is 4.79 Å². The van der Waals surface area contributed by atoms with E-state index >= 15 is 0 Å². The molecule has 0 fully saturated rings. The molecule has 0 aliphatic heterocycles. The third-order valence-electron chi connectivity index (χ3n) is 1.97. The van der Waals surface area contributed by atoms with E-state index < -0.39 is 5.97 Å². The molecule has 0 saturated carbocycles. The fraction of sp³-hybridized carbons (Fsp3) is 0.273. The van der Waals surface area contributed by atoms with Gasteiger partial charge in [-0.2, -0.15) is 0 Å². The van der Waals surface area contributed by atoms with Crippen LogP contribution in [-0.2, 0) is 4.79 Å². The average Bonchev–Trinajstić information content (AvgIpc) is 2.69. The number of fused-ring (bicyclic) bond motifs is 1. The van der Waals surface area contributed by atoms with E-state index in [-0.39, 0.29) is 5.75 Å². The van der Waals surface area contributed by atoms with Crippen molar-refractivity contribution in [3.63, 3.8) is 0 Å². The van der Waals surface area contributed by atoms with Gasteiger partial charge in [0.2, 0.25) is 0 Å². The number of ether oxygens (including phenoxy) is 1. The molecular formula is C11H11NO3S2. The van der Waals surface area contributed by atoms with E-state index in [0.717, 1.165) is 20.3 Å². The second-order valence-corrected chi connectivity index (χ2v) is 5.48. The predicted octanol–water partition coefficient (Wildman–Crippen LogP) is 2.87. The summed E-state index contributed by atoms with van der Waals surface area (Å²) in [4.78, 5) is 14.8. The van der Waals surface area contributed by atoms with Gasteiger partial charge in [-0.05, 0) is 25.1 Å². The third kappa shape index (κ3) is 3.10. The number of hydrogen-bond acceptors (Lipinski definition) is 5. The Labute approximate surface area is 107 Å². The van der Waals surface area contributed by atoms with Crippen LogP contribution >= 0.6 is 23.1 Å². The Hall–Kier alpha value is -1.27. The van der Waals surface area contributed by atoms with Crippen LogP contribution in [0.2, 0.25) is 0 Å². The molecule has 6 heteroatoms. The molecule has 4 nitrogen and oxygen atoms in total. The summed E-state index contributed by atoms with van der Waals surface area (Å²) in [5.41, 5.74) is 0.881. The van der Waals surface area contributed by atoms with E-state index in [0.29, 0.717) is 6.61 Å². The highest BCUT2D eigenvalue weighted by Gasteiger charge is 2.07. The van der Waals surface area contributed by atoms with Gasteiger partial charge in [-0.1, -0.05) is 11.8 Å². The maximum atomic E-state index is 10.5. The van der Waals surface area contributed by atoms with Crippen molar-refractivity contribution in [1.82, 2.24) is 4.98 Å². The van der Waals surface area contributed by atoms with Crippen molar-refractivity contribution in [2.75, 3.05) is 12.4 Å². The highest BCUT2D eigenvalue weighted by molar-refractivity contribution is 8.01. The third-order valence-corrected chi connectivity index (χ3v) is 4.12. The monoisotopic (exact) mass is 269 g/mol. The van der Waals surface area contributed by atoms with Gasteiger partial charge >= 0.3 is 5.97 Å². The lowest BCUT2D eigenvalue weighted by atomic mass is 10.3. The van der Waals surface area contributed by atoms with Gasteiger partial charge in [0.25, 0.3) is 0 Å². The van der Waals surface area contributed by atoms with Crippen LogP contribution in [0.4, 0.5) is 0 Å². The van der Waals surface area contributed by atoms with Gasteiger partial charge in [0.15, 0.2) is 4.34 Å². The molecule has 0 aliphatic carbocycles. The minimum absolute atomic E-state index is 0.0398. The molecule has 0 radical (unpaired) electrons. The smallest absolute Gasteiger partial charge is 0.313 e. The molecule has 0 aliphatic rings. The molecule has 1 aromatic carbocycles. The Bertz CT molecular complexity index is 538. The second-order valence-electron chi connectivity index (χ2n) is 3.22. The lowest BCUT2D eigenvalue weighted by molar-refractivity contribution is -0.133. The molecule has 90 valence electrons. The lowest BCUT2D eigenvalue weighted by Crippen LogP contribution is -1.96. The van der Waals surface area contributed by atoms with Gasteiger partial charge in [0.1, 0.15) is 5.75 Å². The first kappa shape index (κ1) is 12.2. The normalized spacial score (nSPS) is 10.6. The summed E-state index contributed by atoms with van der Waals surface area (Å²) in [6.45, 7) is 2.57. The molecule has 0 atom stereocenters. The van der Waals surface area contributed by atoms with E-state index in [9.17, 15) is 4.79 Å². The number of carboxylic acids is 1. The van der Waals surface area contributed by atoms with Crippen molar-refractivity contribution < 1.29 is 14.6 Å². The molecule has 0 saturated heterocycles. The van der Waals surface area contributed by atoms with E-state index in [4.69, 9.17) is 9.84 Å². The zero-order valence-electron chi connectivity index (χ0n) is 9.17. The van der Waals surface area contributed by atoms with Crippen LogP contribution in [0.25, 0.3) is 10.2 Å². The maximum Gasteiger partial charge on any atom is 0.313 e. The number of aromatic nitrogens is 1. The lowest BCUT2D eigenvalue weighted by Gasteiger charge is -2.00. The van der Waals surface area contributed by atoms with Gasteiger partial charge < -0.3 is 9.84 Å². The Morgan fingerprint density at radius 2 is 2.41 bits per heavy atom. The van der Waals surface area contributed by atoms with E-state index in [1.165, 1.54) is 23.1 Å². The number of carbonyl (C=O) groups is 1. The van der Waals surface area contributed by atoms with Crippen LogP contribution < -0.4 is 4.74 Å². The first-order chi connectivity index (χ1) is 8.19. The number of aliphatic carboxylic acids is 1. The van der Waals surface area contributed by atoms with Gasteiger partial charge in [0, 0.05) is 0 Å². The minimum Gasteiger partial charge on any atom is -0.494 e. The summed E-state index contributed by atoms with van der Waals surface area (Å²) in [7, 11) is 0. The van der Waals surface area contributed by atoms with Crippen molar-refractivity contribution >= 4 is 39.3 Å². The molecule has 0 spiro atoms. The Balaban J connectivity index is 2.21. The summed E-state index contributed by atoms with van der Waals surface area (Å²) in [5, 5.41) is 8.60. The Kier molecular flexibility index (Phi) is 3.86. The quantitative estimate of drug-likeness (QED) is 0.846. The second kappa shape index (κ2) is 5.37. The first-order valence-electron chi connectivity index (χ1n) is 5.07. The summed E-state index contributed by atoms with van der Waals surface area (Å²) in [5.74, 6) is 0.0284. The Morgan fingerprint density at radius 3 is 3.12 bits per heavy atom. The van der Waals surface area contributed by atoms with Crippen LogP contribution in [0.1, 0.15) is 6.92 Å². The fourth-order valence-corrected chi connectivity index (χ4v) is 3.14. The molecule has 0 unspecified atom stereocenters. The summed E-state index contributed by atoms with van der Waals surface area (Å²) >= 11 is 2.73. The van der Waals surface area contributed by atoms with E-state index in [1.54, 1.807) is 0 Å². The number of thioether (sulfide) groups is 1. The fourth-order valence-electron chi connectivity index (χ4n) is 1.33. The zero-order chi connectivity index (χ0) is 12.3. The van der Waals surface area contributed by atoms with E-state index in [2.05, 4.69) is 4.98 Å². The molecule has 17 heavy (non-hydrogen) atoms. The average molecular weight is 269 g/mol. The molecule has 2 aromatic rings. The Morgan fingerprint density at radius 1 is 1.59 bits per heavy atom. The zero-order valence-corrected chi connectivity index (χ0v) is 10.8. The van der Waals surface area contributed by atoms with Crippen LogP contribution in [0.3, 0.4) is 0 Å². The van der Waals surface area contributed by atoms with Crippen LogP contribution in [0.5, 0.6) is 5.75 Å². The molecule has 1 aromatic heterocycles. The van der Waals surface area contributed by atoms with Crippen molar-refractivity contribution in [1.29, 1.82) is 0 Å². The predicted molar refractivity (Wildman–Crippen MR) is 69.1 cm³/mol. The highest BCUT2D eigenvalue weighted by atomic mass is 32.2. The first-order valence-corrected chi connectivity index (χ1v) is 6.87. The van der Waals surface area contributed by atoms with Crippen molar-refractivity contribution in [3.05, 3.63) is 18.2 Å². The number of thiazole rings is 1. The molecule has 0 amide bonds. The largest absolute Gasteiger partial charge is 0.494 e. The molecular weight excluding hydrogens is 258 g/mol. The van der Waals surface area contributed by atoms with Crippen molar-refractivity contribution in [2.24, 2.45) is 0 Å². The summed E-state index contributed by atoms with van der Waals surface area (Å²) in [6.07, 6.45) is 0. The van der Waals surface area contributed by atoms with Crippen molar-refractivity contribution in [3.8, 4) is 5.75 Å². The van der Waals surface area contributed by atoms with Crippen LogP contribution in [-0.4, -0.2) is 28.4 Å². The van der Waals surface area contributed by atoms with Crippen molar-refractivity contribution in [2.45, 2.75) is 11.3 Å². The van der Waals surface area contributed by atoms with Gasteiger partial charge in [-0.15, -0.1) is 11.3 Å². The molecule has 2 rings (SSSR count). The number of benzene rings is 1. The molecule has 1 N–H and O–H groups in total. The minimum atomic E-state index is -0.829. The number of carboxylic acid groups (broad SMARTS) is 1.